The van der Waals surface area contributed by atoms with E-state index in [0.29, 0.717) is 29.6 Å². The second-order valence-corrected chi connectivity index (χ2v) is 7.13. The number of hydrogen-bond donors (Lipinski definition) is 0. The summed E-state index contributed by atoms with van der Waals surface area (Å²) in [7, 11) is 0. The van der Waals surface area contributed by atoms with Gasteiger partial charge >= 0.3 is 0 Å². The first-order valence-corrected chi connectivity index (χ1v) is 9.24. The van der Waals surface area contributed by atoms with E-state index in [1.54, 1.807) is 12.1 Å². The van der Waals surface area contributed by atoms with Crippen molar-refractivity contribution in [2.75, 3.05) is 13.2 Å². The van der Waals surface area contributed by atoms with Gasteiger partial charge in [-0.2, -0.15) is 0 Å². The van der Waals surface area contributed by atoms with Crippen LogP contribution in [0.5, 0.6) is 0 Å². The molecule has 1 unspecified atom stereocenters. The normalized spacial score (nSPS) is 16.8. The van der Waals surface area contributed by atoms with Gasteiger partial charge in [0.05, 0.1) is 22.6 Å². The zero-order valence-electron chi connectivity index (χ0n) is 14.0. The number of amides is 1. The molecule has 3 rings (SSSR count). The number of hydrogen-bond acceptors (Lipinski definition) is 2. The van der Waals surface area contributed by atoms with Crippen LogP contribution in [0.3, 0.4) is 0 Å². The van der Waals surface area contributed by atoms with Crippen LogP contribution >= 0.6 is 23.2 Å². The Bertz CT molecular complexity index is 715. The topological polar surface area (TPSA) is 29.5 Å². The van der Waals surface area contributed by atoms with E-state index in [-0.39, 0.29) is 12.0 Å². The Balaban J connectivity index is 1.72. The molecule has 2 aromatic carbocycles. The predicted octanol–water partition coefficient (Wildman–Crippen LogP) is 4.74. The summed E-state index contributed by atoms with van der Waals surface area (Å²) < 4.78 is 5.72. The Labute approximate surface area is 158 Å². The number of carbonyl (C=O) groups is 1. The van der Waals surface area contributed by atoms with Crippen LogP contribution in [0.1, 0.15) is 24.0 Å². The first kappa shape index (κ1) is 18.2. The van der Waals surface area contributed by atoms with E-state index in [2.05, 4.69) is 0 Å². The zero-order valence-corrected chi connectivity index (χ0v) is 15.5. The fraction of sp³-hybridized carbons (Fsp3) is 0.350. The molecule has 5 heteroatoms. The number of halogens is 2. The summed E-state index contributed by atoms with van der Waals surface area (Å²) in [6.07, 6.45) is 2.49. The van der Waals surface area contributed by atoms with E-state index in [0.717, 1.165) is 30.6 Å². The van der Waals surface area contributed by atoms with Crippen molar-refractivity contribution in [3.05, 3.63) is 69.7 Å². The summed E-state index contributed by atoms with van der Waals surface area (Å²) >= 11 is 12.0. The number of nitrogens with zero attached hydrogens (tertiary/aromatic N) is 1. The molecule has 25 heavy (non-hydrogen) atoms. The second-order valence-electron chi connectivity index (χ2n) is 6.32. The van der Waals surface area contributed by atoms with Gasteiger partial charge in [0.1, 0.15) is 0 Å². The molecule has 1 saturated heterocycles. The minimum atomic E-state index is 0.0674. The van der Waals surface area contributed by atoms with Gasteiger partial charge in [-0.3, -0.25) is 4.79 Å². The van der Waals surface area contributed by atoms with Crippen LogP contribution in [0, 0.1) is 0 Å². The van der Waals surface area contributed by atoms with Gasteiger partial charge in [-0.25, -0.2) is 0 Å². The Morgan fingerprint density at radius 1 is 1.08 bits per heavy atom. The highest BCUT2D eigenvalue weighted by Crippen LogP contribution is 2.23. The molecule has 0 bridgehead atoms. The second kappa shape index (κ2) is 8.70. The van der Waals surface area contributed by atoms with Crippen molar-refractivity contribution in [3.8, 4) is 0 Å². The molecule has 1 amide bonds. The minimum Gasteiger partial charge on any atom is -0.376 e. The van der Waals surface area contributed by atoms with E-state index in [4.69, 9.17) is 27.9 Å². The highest BCUT2D eigenvalue weighted by Gasteiger charge is 2.23. The summed E-state index contributed by atoms with van der Waals surface area (Å²) in [5.74, 6) is 0.0674. The van der Waals surface area contributed by atoms with Gasteiger partial charge in [0.15, 0.2) is 0 Å². The van der Waals surface area contributed by atoms with Crippen molar-refractivity contribution in [1.82, 2.24) is 4.90 Å². The number of rotatable bonds is 6. The summed E-state index contributed by atoms with van der Waals surface area (Å²) in [6.45, 7) is 1.99. The lowest BCUT2D eigenvalue weighted by Crippen LogP contribution is -2.37. The third-order valence-electron chi connectivity index (χ3n) is 4.36. The molecule has 132 valence electrons. The van der Waals surface area contributed by atoms with Crippen molar-refractivity contribution in [3.63, 3.8) is 0 Å². The molecule has 0 aliphatic carbocycles. The van der Waals surface area contributed by atoms with Crippen LogP contribution in [0.2, 0.25) is 10.0 Å². The van der Waals surface area contributed by atoms with Crippen molar-refractivity contribution >= 4 is 29.1 Å². The van der Waals surface area contributed by atoms with Crippen molar-refractivity contribution in [2.45, 2.75) is 31.9 Å². The first-order valence-electron chi connectivity index (χ1n) is 8.49. The molecule has 0 radical (unpaired) electrons. The van der Waals surface area contributed by atoms with E-state index >= 15 is 0 Å². The Hall–Kier alpha value is -1.55. The minimum absolute atomic E-state index is 0.0674. The smallest absolute Gasteiger partial charge is 0.227 e. The van der Waals surface area contributed by atoms with E-state index in [1.807, 2.05) is 41.3 Å². The zero-order chi connectivity index (χ0) is 17.6. The monoisotopic (exact) mass is 377 g/mol. The Morgan fingerprint density at radius 2 is 1.88 bits per heavy atom. The fourth-order valence-electron chi connectivity index (χ4n) is 3.03. The predicted molar refractivity (Wildman–Crippen MR) is 101 cm³/mol. The van der Waals surface area contributed by atoms with Crippen molar-refractivity contribution in [2.24, 2.45) is 0 Å². The molecule has 1 atom stereocenters. The van der Waals surface area contributed by atoms with Gasteiger partial charge in [-0.05, 0) is 36.1 Å². The maximum Gasteiger partial charge on any atom is 0.227 e. The number of ether oxygens (including phenoxy) is 1. The van der Waals surface area contributed by atoms with Crippen LogP contribution in [0.4, 0.5) is 0 Å². The SMILES string of the molecule is O=C(Cc1ccc(Cl)c(Cl)c1)N(Cc1ccccc1)CC1CCCO1. The van der Waals surface area contributed by atoms with E-state index < -0.39 is 0 Å². The first-order chi connectivity index (χ1) is 12.1. The molecule has 3 nitrogen and oxygen atoms in total. The molecule has 1 fully saturated rings. The van der Waals surface area contributed by atoms with Crippen LogP contribution in [-0.4, -0.2) is 30.1 Å². The van der Waals surface area contributed by atoms with E-state index in [9.17, 15) is 4.79 Å². The van der Waals surface area contributed by atoms with Crippen LogP contribution in [0.25, 0.3) is 0 Å². The van der Waals surface area contributed by atoms with E-state index in [1.165, 1.54) is 0 Å². The molecule has 0 spiro atoms. The van der Waals surface area contributed by atoms with Crippen LogP contribution in [0.15, 0.2) is 48.5 Å². The highest BCUT2D eigenvalue weighted by atomic mass is 35.5. The summed E-state index contributed by atoms with van der Waals surface area (Å²) in [4.78, 5) is 14.8. The van der Waals surface area contributed by atoms with Gasteiger partial charge < -0.3 is 9.64 Å². The van der Waals surface area contributed by atoms with Crippen molar-refractivity contribution < 1.29 is 9.53 Å². The number of carbonyl (C=O) groups excluding carboxylic acids is 1. The lowest BCUT2D eigenvalue weighted by molar-refractivity contribution is -0.132. The summed E-state index contributed by atoms with van der Waals surface area (Å²) in [5, 5.41) is 0.971. The Kier molecular flexibility index (Phi) is 6.35. The van der Waals surface area contributed by atoms with Gasteiger partial charge in [-0.1, -0.05) is 59.6 Å². The highest BCUT2D eigenvalue weighted by molar-refractivity contribution is 6.42. The maximum absolute atomic E-state index is 12.9. The molecule has 1 aliphatic heterocycles. The third-order valence-corrected chi connectivity index (χ3v) is 5.10. The Morgan fingerprint density at radius 3 is 2.56 bits per heavy atom. The lowest BCUT2D eigenvalue weighted by Gasteiger charge is -2.26. The average Bonchev–Trinajstić information content (AvgIpc) is 3.12. The molecular formula is C20H21Cl2NO2. The maximum atomic E-state index is 12.9. The van der Waals surface area contributed by atoms with Gasteiger partial charge in [0, 0.05) is 19.7 Å². The molecule has 0 saturated carbocycles. The molecule has 1 heterocycles. The largest absolute Gasteiger partial charge is 0.376 e. The van der Waals surface area contributed by atoms with Crippen LogP contribution < -0.4 is 0 Å². The molecule has 2 aromatic rings. The summed E-state index contributed by atoms with van der Waals surface area (Å²) in [5.41, 5.74) is 1.98. The van der Waals surface area contributed by atoms with Crippen molar-refractivity contribution in [1.29, 1.82) is 0 Å². The van der Waals surface area contributed by atoms with Crippen LogP contribution in [-0.2, 0) is 22.5 Å². The quantitative estimate of drug-likeness (QED) is 0.727. The average molecular weight is 378 g/mol. The molecule has 0 aromatic heterocycles. The molecule has 1 aliphatic rings. The standard InChI is InChI=1S/C20H21Cl2NO2/c21-18-9-8-16(11-19(18)22)12-20(24)23(14-17-7-4-10-25-17)13-15-5-2-1-3-6-15/h1-3,5-6,8-9,11,17H,4,7,10,12-14H2. The third kappa shape index (κ3) is 5.21. The molecule has 0 N–H and O–H groups in total. The summed E-state index contributed by atoms with van der Waals surface area (Å²) in [6, 6.07) is 15.4. The fourth-order valence-corrected chi connectivity index (χ4v) is 3.35. The molecular weight excluding hydrogens is 357 g/mol. The lowest BCUT2D eigenvalue weighted by atomic mass is 10.1. The van der Waals surface area contributed by atoms with Gasteiger partial charge in [0.25, 0.3) is 0 Å². The van der Waals surface area contributed by atoms with Gasteiger partial charge in [-0.15, -0.1) is 0 Å². The van der Waals surface area contributed by atoms with Gasteiger partial charge in [0.2, 0.25) is 5.91 Å². The number of benzene rings is 2.